The smallest absolute Gasteiger partial charge is 0.119 e. The fraction of sp³-hybridized carbons (Fsp3) is 0.600. The number of aliphatic hydroxyl groups excluding tert-OH is 1. The Labute approximate surface area is 110 Å². The molecule has 1 unspecified atom stereocenters. The van der Waals surface area contributed by atoms with Crippen LogP contribution in [0.5, 0.6) is 5.75 Å². The molecule has 0 heterocycles. The lowest BCUT2D eigenvalue weighted by molar-refractivity contribution is 0.103. The first kappa shape index (κ1) is 15.0. The van der Waals surface area contributed by atoms with E-state index in [1.54, 1.807) is 0 Å². The summed E-state index contributed by atoms with van der Waals surface area (Å²) in [5.74, 6) is 0.910. The van der Waals surface area contributed by atoms with E-state index in [1.165, 1.54) is 5.56 Å². The molecule has 0 radical (unpaired) electrons. The standard InChI is InChI=1S/C15H25NO2/c1-5-18-15-8-6-14(7-9-15)11-16(12(2)3)10-13(4)17/h6-9,12-13,17H,5,10-11H2,1-4H3. The highest BCUT2D eigenvalue weighted by molar-refractivity contribution is 5.27. The lowest BCUT2D eigenvalue weighted by Crippen LogP contribution is -2.36. The number of aliphatic hydroxyl groups is 1. The van der Waals surface area contributed by atoms with Crippen LogP contribution in [0.15, 0.2) is 24.3 Å². The molecule has 1 aromatic rings. The maximum atomic E-state index is 9.50. The first-order valence-corrected chi connectivity index (χ1v) is 6.66. The van der Waals surface area contributed by atoms with Crippen LogP contribution in [0.4, 0.5) is 0 Å². The quantitative estimate of drug-likeness (QED) is 0.808. The van der Waals surface area contributed by atoms with Gasteiger partial charge < -0.3 is 9.84 Å². The molecule has 0 bridgehead atoms. The highest BCUT2D eigenvalue weighted by Crippen LogP contribution is 2.15. The summed E-state index contributed by atoms with van der Waals surface area (Å²) in [5.41, 5.74) is 1.24. The molecular formula is C15H25NO2. The van der Waals surface area contributed by atoms with Crippen LogP contribution in [-0.2, 0) is 6.54 Å². The average Bonchev–Trinajstić information content (AvgIpc) is 2.30. The molecule has 0 aliphatic heterocycles. The van der Waals surface area contributed by atoms with E-state index in [1.807, 2.05) is 26.0 Å². The van der Waals surface area contributed by atoms with Crippen LogP contribution in [0.2, 0.25) is 0 Å². The molecule has 0 spiro atoms. The largest absolute Gasteiger partial charge is 0.494 e. The van der Waals surface area contributed by atoms with Crippen LogP contribution in [0, 0.1) is 0 Å². The van der Waals surface area contributed by atoms with Gasteiger partial charge in [-0.05, 0) is 45.4 Å². The average molecular weight is 251 g/mol. The van der Waals surface area contributed by atoms with Crippen LogP contribution < -0.4 is 4.74 Å². The summed E-state index contributed by atoms with van der Waals surface area (Å²) in [6.07, 6.45) is -0.296. The van der Waals surface area contributed by atoms with Crippen LogP contribution in [0.3, 0.4) is 0 Å². The van der Waals surface area contributed by atoms with E-state index in [-0.39, 0.29) is 6.10 Å². The van der Waals surface area contributed by atoms with E-state index in [2.05, 4.69) is 30.9 Å². The van der Waals surface area contributed by atoms with Crippen molar-refractivity contribution in [2.45, 2.75) is 46.4 Å². The van der Waals surface area contributed by atoms with Gasteiger partial charge in [0.05, 0.1) is 12.7 Å². The van der Waals surface area contributed by atoms with Gasteiger partial charge in [0.2, 0.25) is 0 Å². The van der Waals surface area contributed by atoms with Gasteiger partial charge in [-0.2, -0.15) is 0 Å². The highest BCUT2D eigenvalue weighted by atomic mass is 16.5. The lowest BCUT2D eigenvalue weighted by Gasteiger charge is -2.27. The van der Waals surface area contributed by atoms with Crippen molar-refractivity contribution >= 4 is 0 Å². The van der Waals surface area contributed by atoms with Gasteiger partial charge in [0.1, 0.15) is 5.75 Å². The van der Waals surface area contributed by atoms with E-state index in [4.69, 9.17) is 4.74 Å². The molecule has 1 N–H and O–H groups in total. The van der Waals surface area contributed by atoms with Crippen molar-refractivity contribution in [1.82, 2.24) is 4.90 Å². The molecule has 18 heavy (non-hydrogen) atoms. The molecule has 0 saturated heterocycles. The summed E-state index contributed by atoms with van der Waals surface area (Å²) in [5, 5.41) is 9.50. The van der Waals surface area contributed by atoms with Gasteiger partial charge in [0.15, 0.2) is 0 Å². The third-order valence-corrected chi connectivity index (χ3v) is 2.85. The van der Waals surface area contributed by atoms with Crippen LogP contribution >= 0.6 is 0 Å². The summed E-state index contributed by atoms with van der Waals surface area (Å²) in [6.45, 7) is 10.4. The lowest BCUT2D eigenvalue weighted by atomic mass is 10.1. The Kier molecular flexibility index (Phi) is 6.16. The minimum atomic E-state index is -0.296. The molecule has 0 aliphatic carbocycles. The summed E-state index contributed by atoms with van der Waals surface area (Å²) in [6, 6.07) is 8.59. The number of ether oxygens (including phenoxy) is 1. The Hall–Kier alpha value is -1.06. The summed E-state index contributed by atoms with van der Waals surface area (Å²) < 4.78 is 5.42. The third-order valence-electron chi connectivity index (χ3n) is 2.85. The Bertz CT molecular complexity index is 333. The fourth-order valence-electron chi connectivity index (χ4n) is 1.89. The predicted molar refractivity (Wildman–Crippen MR) is 74.8 cm³/mol. The summed E-state index contributed by atoms with van der Waals surface area (Å²) in [7, 11) is 0. The first-order valence-electron chi connectivity index (χ1n) is 6.66. The van der Waals surface area contributed by atoms with E-state index >= 15 is 0 Å². The Morgan fingerprint density at radius 1 is 1.17 bits per heavy atom. The molecule has 0 aromatic heterocycles. The molecule has 3 nitrogen and oxygen atoms in total. The molecular weight excluding hydrogens is 226 g/mol. The van der Waals surface area contributed by atoms with Crippen molar-refractivity contribution in [2.24, 2.45) is 0 Å². The molecule has 1 atom stereocenters. The second-order valence-corrected chi connectivity index (χ2v) is 4.95. The topological polar surface area (TPSA) is 32.7 Å². The normalized spacial score (nSPS) is 13.1. The van der Waals surface area contributed by atoms with Crippen LogP contribution in [0.25, 0.3) is 0 Å². The van der Waals surface area contributed by atoms with Crippen molar-refractivity contribution in [2.75, 3.05) is 13.2 Å². The monoisotopic (exact) mass is 251 g/mol. The summed E-state index contributed by atoms with van der Waals surface area (Å²) in [4.78, 5) is 2.26. The minimum Gasteiger partial charge on any atom is -0.494 e. The number of hydrogen-bond acceptors (Lipinski definition) is 3. The van der Waals surface area contributed by atoms with E-state index in [0.29, 0.717) is 19.2 Å². The zero-order valence-electron chi connectivity index (χ0n) is 11.9. The van der Waals surface area contributed by atoms with E-state index in [0.717, 1.165) is 12.3 Å². The first-order chi connectivity index (χ1) is 8.52. The van der Waals surface area contributed by atoms with Crippen molar-refractivity contribution in [1.29, 1.82) is 0 Å². The van der Waals surface area contributed by atoms with Gasteiger partial charge in [-0.15, -0.1) is 0 Å². The number of rotatable bonds is 7. The SMILES string of the molecule is CCOc1ccc(CN(CC(C)O)C(C)C)cc1. The second kappa shape index (κ2) is 7.39. The van der Waals surface area contributed by atoms with Gasteiger partial charge in [0, 0.05) is 19.1 Å². The number of hydrogen-bond donors (Lipinski definition) is 1. The Morgan fingerprint density at radius 3 is 2.22 bits per heavy atom. The molecule has 0 amide bonds. The summed E-state index contributed by atoms with van der Waals surface area (Å²) >= 11 is 0. The zero-order valence-corrected chi connectivity index (χ0v) is 11.9. The van der Waals surface area contributed by atoms with E-state index < -0.39 is 0 Å². The maximum Gasteiger partial charge on any atom is 0.119 e. The predicted octanol–water partition coefficient (Wildman–Crippen LogP) is 2.68. The van der Waals surface area contributed by atoms with Gasteiger partial charge in [0.25, 0.3) is 0 Å². The zero-order chi connectivity index (χ0) is 13.5. The van der Waals surface area contributed by atoms with E-state index in [9.17, 15) is 5.11 Å². The van der Waals surface area contributed by atoms with Crippen molar-refractivity contribution in [3.63, 3.8) is 0 Å². The molecule has 102 valence electrons. The van der Waals surface area contributed by atoms with Crippen LogP contribution in [0.1, 0.15) is 33.3 Å². The van der Waals surface area contributed by atoms with Gasteiger partial charge in [-0.3, -0.25) is 4.90 Å². The van der Waals surface area contributed by atoms with Crippen molar-refractivity contribution < 1.29 is 9.84 Å². The Balaban J connectivity index is 2.63. The molecule has 1 rings (SSSR count). The van der Waals surface area contributed by atoms with Gasteiger partial charge >= 0.3 is 0 Å². The van der Waals surface area contributed by atoms with Gasteiger partial charge in [-0.25, -0.2) is 0 Å². The third kappa shape index (κ3) is 5.07. The molecule has 0 saturated carbocycles. The Morgan fingerprint density at radius 2 is 1.78 bits per heavy atom. The fourth-order valence-corrected chi connectivity index (χ4v) is 1.89. The molecule has 0 aliphatic rings. The highest BCUT2D eigenvalue weighted by Gasteiger charge is 2.12. The second-order valence-electron chi connectivity index (χ2n) is 4.95. The van der Waals surface area contributed by atoms with Crippen LogP contribution in [-0.4, -0.2) is 35.3 Å². The number of nitrogens with zero attached hydrogens (tertiary/aromatic N) is 1. The minimum absolute atomic E-state index is 0.296. The molecule has 1 aromatic carbocycles. The van der Waals surface area contributed by atoms with Crippen molar-refractivity contribution in [3.8, 4) is 5.75 Å². The number of benzene rings is 1. The van der Waals surface area contributed by atoms with Crippen molar-refractivity contribution in [3.05, 3.63) is 29.8 Å². The molecule has 3 heteroatoms. The molecule has 0 fully saturated rings. The maximum absolute atomic E-state index is 9.50. The van der Waals surface area contributed by atoms with Gasteiger partial charge in [-0.1, -0.05) is 12.1 Å².